The van der Waals surface area contributed by atoms with E-state index < -0.39 is 0 Å². The van der Waals surface area contributed by atoms with Crippen molar-refractivity contribution >= 4 is 5.91 Å². The van der Waals surface area contributed by atoms with Crippen molar-refractivity contribution < 1.29 is 4.79 Å². The highest BCUT2D eigenvalue weighted by Gasteiger charge is 2.35. The molecular weight excluding hydrogens is 188 g/mol. The zero-order valence-electron chi connectivity index (χ0n) is 9.65. The van der Waals surface area contributed by atoms with Gasteiger partial charge in [-0.25, -0.2) is 0 Å². The summed E-state index contributed by atoms with van der Waals surface area (Å²) in [5.74, 6) is 0.179. The Morgan fingerprint density at radius 1 is 1.27 bits per heavy atom. The van der Waals surface area contributed by atoms with Crippen LogP contribution in [0.1, 0.15) is 26.2 Å². The van der Waals surface area contributed by atoms with Crippen molar-refractivity contribution in [3.05, 3.63) is 12.2 Å². The van der Waals surface area contributed by atoms with E-state index in [4.69, 9.17) is 0 Å². The van der Waals surface area contributed by atoms with E-state index in [0.717, 1.165) is 19.5 Å². The van der Waals surface area contributed by atoms with Crippen LogP contribution in [0.2, 0.25) is 0 Å². The van der Waals surface area contributed by atoms with Crippen molar-refractivity contribution in [2.75, 3.05) is 20.1 Å². The summed E-state index contributed by atoms with van der Waals surface area (Å²) < 4.78 is 0. The van der Waals surface area contributed by atoms with Gasteiger partial charge in [0.1, 0.15) is 0 Å². The lowest BCUT2D eigenvalue weighted by molar-refractivity contribution is -0.126. The lowest BCUT2D eigenvalue weighted by Gasteiger charge is -2.24. The Bertz CT molecular complexity index is 275. The number of hydrogen-bond donors (Lipinski definition) is 0. The minimum Gasteiger partial charge on any atom is -0.338 e. The monoisotopic (exact) mass is 208 g/mol. The molecular formula is C12H20N2O. The molecule has 0 saturated carbocycles. The van der Waals surface area contributed by atoms with E-state index in [2.05, 4.69) is 11.9 Å². The van der Waals surface area contributed by atoms with Gasteiger partial charge >= 0.3 is 0 Å². The van der Waals surface area contributed by atoms with Crippen molar-refractivity contribution in [1.82, 2.24) is 9.80 Å². The molecule has 0 spiro atoms. The Morgan fingerprint density at radius 3 is 2.73 bits per heavy atom. The van der Waals surface area contributed by atoms with Crippen molar-refractivity contribution in [1.29, 1.82) is 0 Å². The molecule has 2 saturated heterocycles. The molecule has 2 bridgehead atoms. The third-order valence-electron chi connectivity index (χ3n) is 3.77. The van der Waals surface area contributed by atoms with E-state index >= 15 is 0 Å². The van der Waals surface area contributed by atoms with E-state index in [0.29, 0.717) is 12.1 Å². The van der Waals surface area contributed by atoms with Crippen LogP contribution < -0.4 is 0 Å². The van der Waals surface area contributed by atoms with E-state index in [9.17, 15) is 4.79 Å². The summed E-state index contributed by atoms with van der Waals surface area (Å²) in [7, 11) is 2.20. The number of hydrogen-bond acceptors (Lipinski definition) is 2. The first-order valence-corrected chi connectivity index (χ1v) is 5.86. The molecule has 0 N–H and O–H groups in total. The van der Waals surface area contributed by atoms with Gasteiger partial charge in [-0.15, -0.1) is 0 Å². The molecule has 2 fully saturated rings. The van der Waals surface area contributed by atoms with Crippen molar-refractivity contribution in [2.45, 2.75) is 38.3 Å². The molecule has 15 heavy (non-hydrogen) atoms. The number of rotatable bonds is 1. The molecule has 0 aliphatic carbocycles. The van der Waals surface area contributed by atoms with Crippen LogP contribution >= 0.6 is 0 Å². The number of likely N-dealkylation sites (N-methyl/N-ethyl adjacent to an activating group) is 1. The number of allylic oxidation sites excluding steroid dienone is 1. The maximum Gasteiger partial charge on any atom is 0.246 e. The zero-order valence-corrected chi connectivity index (χ0v) is 9.65. The SMILES string of the molecule is C/C=C/C(=O)N1CCC2CCC(C1)N2C. The molecule has 0 radical (unpaired) electrons. The maximum atomic E-state index is 11.8. The summed E-state index contributed by atoms with van der Waals surface area (Å²) in [6.45, 7) is 3.73. The van der Waals surface area contributed by atoms with Gasteiger partial charge in [-0.05, 0) is 39.3 Å². The molecule has 2 heterocycles. The lowest BCUT2D eigenvalue weighted by Crippen LogP contribution is -2.38. The minimum atomic E-state index is 0.179. The molecule has 1 amide bonds. The first kappa shape index (κ1) is 10.7. The third-order valence-corrected chi connectivity index (χ3v) is 3.77. The summed E-state index contributed by atoms with van der Waals surface area (Å²) in [6.07, 6.45) is 7.21. The predicted molar refractivity (Wildman–Crippen MR) is 60.6 cm³/mol. The van der Waals surface area contributed by atoms with Gasteiger partial charge in [0.25, 0.3) is 0 Å². The van der Waals surface area contributed by atoms with Gasteiger partial charge in [0.15, 0.2) is 0 Å². The molecule has 0 aromatic heterocycles. The summed E-state index contributed by atoms with van der Waals surface area (Å²) in [5.41, 5.74) is 0. The van der Waals surface area contributed by atoms with E-state index in [1.807, 2.05) is 17.9 Å². The van der Waals surface area contributed by atoms with E-state index in [-0.39, 0.29) is 5.91 Å². The van der Waals surface area contributed by atoms with E-state index in [1.165, 1.54) is 12.8 Å². The summed E-state index contributed by atoms with van der Waals surface area (Å²) in [6, 6.07) is 1.30. The molecule has 2 aliphatic rings. The molecule has 3 nitrogen and oxygen atoms in total. The first-order chi connectivity index (χ1) is 7.22. The van der Waals surface area contributed by atoms with Crippen LogP contribution in [0.15, 0.2) is 12.2 Å². The van der Waals surface area contributed by atoms with Crippen LogP contribution in [0.25, 0.3) is 0 Å². The summed E-state index contributed by atoms with van der Waals surface area (Å²) in [4.78, 5) is 16.2. The Balaban J connectivity index is 2.03. The van der Waals surface area contributed by atoms with Crippen LogP contribution in [0.4, 0.5) is 0 Å². The number of carbonyl (C=O) groups excluding carboxylic acids is 1. The standard InChI is InChI=1S/C12H20N2O/c1-3-4-12(15)14-8-7-10-5-6-11(9-14)13(10)2/h3-4,10-11H,5-9H2,1-2H3/b4-3+. The molecule has 2 aliphatic heterocycles. The third kappa shape index (κ3) is 2.07. The fraction of sp³-hybridized carbons (Fsp3) is 0.750. The van der Waals surface area contributed by atoms with Crippen LogP contribution in [0, 0.1) is 0 Å². The maximum absolute atomic E-state index is 11.8. The van der Waals surface area contributed by atoms with Crippen molar-refractivity contribution in [3.8, 4) is 0 Å². The van der Waals surface area contributed by atoms with Gasteiger partial charge in [-0.1, -0.05) is 6.08 Å². The van der Waals surface area contributed by atoms with Crippen LogP contribution in [0.5, 0.6) is 0 Å². The lowest BCUT2D eigenvalue weighted by atomic mass is 10.1. The number of fused-ring (bicyclic) bond motifs is 2. The molecule has 2 rings (SSSR count). The zero-order chi connectivity index (χ0) is 10.8. The first-order valence-electron chi connectivity index (χ1n) is 5.86. The average Bonchev–Trinajstić information content (AvgIpc) is 2.41. The Labute approximate surface area is 91.7 Å². The molecule has 84 valence electrons. The molecule has 2 unspecified atom stereocenters. The van der Waals surface area contributed by atoms with Crippen LogP contribution in [-0.2, 0) is 4.79 Å². The Kier molecular flexibility index (Phi) is 3.10. The second-order valence-corrected chi connectivity index (χ2v) is 4.62. The topological polar surface area (TPSA) is 23.6 Å². The van der Waals surface area contributed by atoms with Gasteiger partial charge in [-0.2, -0.15) is 0 Å². The van der Waals surface area contributed by atoms with Crippen molar-refractivity contribution in [3.63, 3.8) is 0 Å². The normalized spacial score (nSPS) is 32.3. The molecule has 3 heteroatoms. The quantitative estimate of drug-likeness (QED) is 0.606. The number of likely N-dealkylation sites (tertiary alicyclic amines) is 1. The molecule has 2 atom stereocenters. The van der Waals surface area contributed by atoms with Crippen LogP contribution in [-0.4, -0.2) is 47.9 Å². The van der Waals surface area contributed by atoms with E-state index in [1.54, 1.807) is 6.08 Å². The van der Waals surface area contributed by atoms with Gasteiger partial charge in [0.05, 0.1) is 0 Å². The molecule has 0 aromatic carbocycles. The highest BCUT2D eigenvalue weighted by molar-refractivity contribution is 5.87. The second-order valence-electron chi connectivity index (χ2n) is 4.62. The highest BCUT2D eigenvalue weighted by Crippen LogP contribution is 2.28. The fourth-order valence-corrected chi connectivity index (χ4v) is 2.76. The molecule has 0 aromatic rings. The highest BCUT2D eigenvalue weighted by atomic mass is 16.2. The van der Waals surface area contributed by atoms with Crippen molar-refractivity contribution in [2.24, 2.45) is 0 Å². The number of amides is 1. The predicted octanol–water partition coefficient (Wildman–Crippen LogP) is 1.26. The van der Waals surface area contributed by atoms with Gasteiger partial charge < -0.3 is 4.90 Å². The summed E-state index contributed by atoms with van der Waals surface area (Å²) >= 11 is 0. The average molecular weight is 208 g/mol. The summed E-state index contributed by atoms with van der Waals surface area (Å²) in [5, 5.41) is 0. The van der Waals surface area contributed by atoms with Crippen LogP contribution in [0.3, 0.4) is 0 Å². The Hall–Kier alpha value is -0.830. The minimum absolute atomic E-state index is 0.179. The van der Waals surface area contributed by atoms with Gasteiger partial charge in [0.2, 0.25) is 5.91 Å². The van der Waals surface area contributed by atoms with Gasteiger partial charge in [0, 0.05) is 25.2 Å². The smallest absolute Gasteiger partial charge is 0.246 e. The number of carbonyl (C=O) groups is 1. The fourth-order valence-electron chi connectivity index (χ4n) is 2.76. The number of nitrogens with zero attached hydrogens (tertiary/aromatic N) is 2. The Morgan fingerprint density at radius 2 is 2.00 bits per heavy atom. The largest absolute Gasteiger partial charge is 0.338 e. The second kappa shape index (κ2) is 4.35. The van der Waals surface area contributed by atoms with Gasteiger partial charge in [-0.3, -0.25) is 9.69 Å².